The lowest BCUT2D eigenvalue weighted by atomic mass is 9.65. The highest BCUT2D eigenvalue weighted by Gasteiger charge is 2.38. The summed E-state index contributed by atoms with van der Waals surface area (Å²) in [6, 6.07) is 2.55. The summed E-state index contributed by atoms with van der Waals surface area (Å²) in [5, 5.41) is 2.17. The zero-order valence-electron chi connectivity index (χ0n) is 11.1. The smallest absolute Gasteiger partial charge is 0.0504 e. The molecule has 1 aromatic heterocycles. The summed E-state index contributed by atoms with van der Waals surface area (Å²) in [6.45, 7) is 6.98. The van der Waals surface area contributed by atoms with E-state index in [4.69, 9.17) is 5.84 Å². The van der Waals surface area contributed by atoms with E-state index in [0.717, 1.165) is 0 Å². The molecule has 2 rings (SSSR count). The summed E-state index contributed by atoms with van der Waals surface area (Å²) in [5.74, 6) is 6.49. The van der Waals surface area contributed by atoms with Crippen molar-refractivity contribution < 1.29 is 0 Å². The highest BCUT2D eigenvalue weighted by molar-refractivity contribution is 7.10. The largest absolute Gasteiger partial charge is 0.271 e. The first-order valence-electron chi connectivity index (χ1n) is 6.56. The Hall–Kier alpha value is -0.380. The molecule has 17 heavy (non-hydrogen) atoms. The molecule has 0 amide bonds. The number of rotatable bonds is 3. The standard InChI is InChI=1S/C14H24N2S/c1-10-11(7-9-17-10)13(16-15)12-6-4-5-8-14(12,2)3/h7,9,12-13,16H,4-6,8,15H2,1-3H3. The number of nitrogens with one attached hydrogen (secondary N) is 1. The minimum atomic E-state index is 0.316. The Morgan fingerprint density at radius 1 is 1.47 bits per heavy atom. The van der Waals surface area contributed by atoms with Crippen LogP contribution in [-0.4, -0.2) is 0 Å². The summed E-state index contributed by atoms with van der Waals surface area (Å²) >= 11 is 1.82. The zero-order chi connectivity index (χ0) is 12.5. The Morgan fingerprint density at radius 3 is 2.76 bits per heavy atom. The molecular weight excluding hydrogens is 228 g/mol. The molecule has 1 fully saturated rings. The van der Waals surface area contributed by atoms with Gasteiger partial charge >= 0.3 is 0 Å². The van der Waals surface area contributed by atoms with Gasteiger partial charge in [0.2, 0.25) is 0 Å². The van der Waals surface area contributed by atoms with Gasteiger partial charge in [-0.1, -0.05) is 26.7 Å². The average molecular weight is 252 g/mol. The predicted molar refractivity (Wildman–Crippen MR) is 74.9 cm³/mol. The van der Waals surface area contributed by atoms with E-state index in [0.29, 0.717) is 17.4 Å². The number of aryl methyl sites for hydroxylation is 1. The lowest BCUT2D eigenvalue weighted by Gasteiger charge is -2.43. The molecule has 1 saturated carbocycles. The minimum absolute atomic E-state index is 0.316. The van der Waals surface area contributed by atoms with Crippen molar-refractivity contribution >= 4 is 11.3 Å². The first-order chi connectivity index (χ1) is 8.06. The van der Waals surface area contributed by atoms with E-state index in [1.165, 1.54) is 36.1 Å². The van der Waals surface area contributed by atoms with Crippen molar-refractivity contribution in [2.75, 3.05) is 0 Å². The maximum atomic E-state index is 5.84. The van der Waals surface area contributed by atoms with E-state index >= 15 is 0 Å². The molecule has 2 atom stereocenters. The van der Waals surface area contributed by atoms with Gasteiger partial charge in [0.15, 0.2) is 0 Å². The van der Waals surface area contributed by atoms with Gasteiger partial charge in [0.1, 0.15) is 0 Å². The third-order valence-electron chi connectivity index (χ3n) is 4.41. The molecule has 0 aromatic carbocycles. The second-order valence-corrected chi connectivity index (χ2v) is 7.04. The maximum absolute atomic E-state index is 5.84. The summed E-state index contributed by atoms with van der Waals surface area (Å²) in [4.78, 5) is 1.40. The molecule has 0 aliphatic heterocycles. The van der Waals surface area contributed by atoms with Crippen LogP contribution in [0.5, 0.6) is 0 Å². The molecule has 0 spiro atoms. The highest BCUT2D eigenvalue weighted by Crippen LogP contribution is 2.47. The van der Waals surface area contributed by atoms with Crippen LogP contribution < -0.4 is 11.3 Å². The van der Waals surface area contributed by atoms with E-state index in [1.807, 2.05) is 11.3 Å². The van der Waals surface area contributed by atoms with E-state index in [-0.39, 0.29) is 0 Å². The lowest BCUT2D eigenvalue weighted by Crippen LogP contribution is -2.41. The summed E-state index contributed by atoms with van der Waals surface area (Å²) < 4.78 is 0. The summed E-state index contributed by atoms with van der Waals surface area (Å²) in [6.07, 6.45) is 5.31. The topological polar surface area (TPSA) is 38.0 Å². The molecule has 2 unspecified atom stereocenters. The third-order valence-corrected chi connectivity index (χ3v) is 5.27. The van der Waals surface area contributed by atoms with Gasteiger partial charge in [-0.15, -0.1) is 11.3 Å². The predicted octanol–water partition coefficient (Wildman–Crippen LogP) is 3.78. The van der Waals surface area contributed by atoms with Crippen LogP contribution in [0.2, 0.25) is 0 Å². The van der Waals surface area contributed by atoms with Crippen LogP contribution in [-0.2, 0) is 0 Å². The van der Waals surface area contributed by atoms with Crippen molar-refractivity contribution in [1.82, 2.24) is 5.43 Å². The first kappa shape index (κ1) is 13.1. The van der Waals surface area contributed by atoms with Crippen molar-refractivity contribution in [2.45, 2.75) is 52.5 Å². The second-order valence-electron chi connectivity index (χ2n) is 5.92. The van der Waals surface area contributed by atoms with Crippen LogP contribution in [0, 0.1) is 18.3 Å². The fraction of sp³-hybridized carbons (Fsp3) is 0.714. The average Bonchev–Trinajstić information content (AvgIpc) is 2.68. The highest BCUT2D eigenvalue weighted by atomic mass is 32.1. The molecule has 1 aromatic rings. The van der Waals surface area contributed by atoms with Crippen LogP contribution in [0.1, 0.15) is 56.0 Å². The zero-order valence-corrected chi connectivity index (χ0v) is 11.9. The van der Waals surface area contributed by atoms with Crippen molar-refractivity contribution in [3.63, 3.8) is 0 Å². The molecule has 2 nitrogen and oxygen atoms in total. The van der Waals surface area contributed by atoms with Crippen LogP contribution in [0.15, 0.2) is 11.4 Å². The Kier molecular flexibility index (Phi) is 3.91. The number of nitrogens with two attached hydrogens (primary N) is 1. The normalized spacial score (nSPS) is 25.8. The number of hydrogen-bond donors (Lipinski definition) is 2. The van der Waals surface area contributed by atoms with E-state index < -0.39 is 0 Å². The van der Waals surface area contributed by atoms with E-state index in [2.05, 4.69) is 37.6 Å². The Labute approximate surface area is 109 Å². The Bertz CT molecular complexity index is 370. The third kappa shape index (κ3) is 2.56. The Balaban J connectivity index is 2.26. The van der Waals surface area contributed by atoms with Crippen molar-refractivity contribution in [1.29, 1.82) is 0 Å². The monoisotopic (exact) mass is 252 g/mol. The van der Waals surface area contributed by atoms with E-state index in [9.17, 15) is 0 Å². The van der Waals surface area contributed by atoms with Gasteiger partial charge in [-0.2, -0.15) is 0 Å². The first-order valence-corrected chi connectivity index (χ1v) is 7.44. The molecule has 0 saturated heterocycles. The number of hydrazine groups is 1. The quantitative estimate of drug-likeness (QED) is 0.634. The maximum Gasteiger partial charge on any atom is 0.0504 e. The van der Waals surface area contributed by atoms with E-state index in [1.54, 1.807) is 0 Å². The SMILES string of the molecule is Cc1sccc1C(NN)C1CCCCC1(C)C. The van der Waals surface area contributed by atoms with Gasteiger partial charge in [-0.05, 0) is 48.1 Å². The van der Waals surface area contributed by atoms with Crippen molar-refractivity contribution in [2.24, 2.45) is 17.2 Å². The number of hydrogen-bond acceptors (Lipinski definition) is 3. The van der Waals surface area contributed by atoms with Crippen LogP contribution in [0.4, 0.5) is 0 Å². The van der Waals surface area contributed by atoms with Gasteiger partial charge < -0.3 is 0 Å². The van der Waals surface area contributed by atoms with Gasteiger partial charge in [-0.3, -0.25) is 11.3 Å². The van der Waals surface area contributed by atoms with Crippen LogP contribution >= 0.6 is 11.3 Å². The molecule has 3 heteroatoms. The molecule has 3 N–H and O–H groups in total. The van der Waals surface area contributed by atoms with Gasteiger partial charge in [0, 0.05) is 4.88 Å². The summed E-state index contributed by atoms with van der Waals surface area (Å²) in [7, 11) is 0. The second kappa shape index (κ2) is 5.09. The van der Waals surface area contributed by atoms with Gasteiger partial charge in [0.25, 0.3) is 0 Å². The fourth-order valence-corrected chi connectivity index (χ4v) is 4.03. The van der Waals surface area contributed by atoms with Gasteiger partial charge in [0.05, 0.1) is 6.04 Å². The lowest BCUT2D eigenvalue weighted by molar-refractivity contribution is 0.0982. The molecule has 1 aliphatic rings. The molecular formula is C14H24N2S. The van der Waals surface area contributed by atoms with Gasteiger partial charge in [-0.25, -0.2) is 0 Å². The fourth-order valence-electron chi connectivity index (χ4n) is 3.28. The molecule has 96 valence electrons. The van der Waals surface area contributed by atoms with Crippen LogP contribution in [0.3, 0.4) is 0 Å². The summed E-state index contributed by atoms with van der Waals surface area (Å²) in [5.41, 5.74) is 4.87. The molecule has 1 aliphatic carbocycles. The molecule has 1 heterocycles. The molecule has 0 radical (unpaired) electrons. The van der Waals surface area contributed by atoms with Crippen molar-refractivity contribution in [3.8, 4) is 0 Å². The van der Waals surface area contributed by atoms with Crippen molar-refractivity contribution in [3.05, 3.63) is 21.9 Å². The molecule has 0 bridgehead atoms. The van der Waals surface area contributed by atoms with Crippen LogP contribution in [0.25, 0.3) is 0 Å². The Morgan fingerprint density at radius 2 is 2.24 bits per heavy atom. The minimum Gasteiger partial charge on any atom is -0.271 e. The number of thiophene rings is 1.